The first-order valence-corrected chi connectivity index (χ1v) is 14.8. The van der Waals surface area contributed by atoms with Crippen molar-refractivity contribution in [2.45, 2.75) is 32.7 Å². The van der Waals surface area contributed by atoms with Gasteiger partial charge in [-0.05, 0) is 56.2 Å². The SMILES string of the molecule is CCc1cc2c(C(=O)NC)c(-c3ccc(F)cc3)oc2nc1N(CCOCCN1C(=O)NC(C)(C)C1=O)S(C)(=O)=O. The second kappa shape index (κ2) is 11.4. The Bertz CT molecular complexity index is 1600. The Morgan fingerprint density at radius 3 is 2.46 bits per heavy atom. The van der Waals surface area contributed by atoms with E-state index in [0.29, 0.717) is 22.9 Å². The first-order valence-electron chi connectivity index (χ1n) is 12.9. The monoisotopic (exact) mass is 589 g/mol. The van der Waals surface area contributed by atoms with Crippen LogP contribution in [0.2, 0.25) is 0 Å². The van der Waals surface area contributed by atoms with E-state index < -0.39 is 33.3 Å². The lowest BCUT2D eigenvalue weighted by Crippen LogP contribution is -2.40. The zero-order valence-corrected chi connectivity index (χ0v) is 24.2. The molecular formula is C27H32FN5O7S. The highest BCUT2D eigenvalue weighted by Crippen LogP contribution is 2.36. The molecule has 1 fully saturated rings. The van der Waals surface area contributed by atoms with Crippen LogP contribution in [0.1, 0.15) is 36.7 Å². The highest BCUT2D eigenvalue weighted by molar-refractivity contribution is 7.92. The number of hydrogen-bond donors (Lipinski definition) is 2. The molecule has 2 aromatic heterocycles. The molecule has 0 aliphatic carbocycles. The number of nitrogens with one attached hydrogen (secondary N) is 2. The molecule has 0 atom stereocenters. The van der Waals surface area contributed by atoms with E-state index in [0.717, 1.165) is 15.5 Å². The Labute approximate surface area is 236 Å². The summed E-state index contributed by atoms with van der Waals surface area (Å²) in [6.45, 7) is 4.89. The molecule has 220 valence electrons. The average Bonchev–Trinajstić information content (AvgIpc) is 3.37. The number of furan rings is 1. The molecule has 4 amide bonds. The largest absolute Gasteiger partial charge is 0.437 e. The number of imide groups is 1. The standard InChI is InChI=1S/C27H32FN5O7S/c1-6-16-15-19-20(23(34)29-4)21(17-7-9-18(28)10-8-17)40-24(19)30-22(16)33(41(5,37)38)12-14-39-13-11-32-25(35)27(2,3)31-26(32)36/h7-10,15H,6,11-14H2,1-5H3,(H,29,34)(H,31,36). The number of urea groups is 1. The van der Waals surface area contributed by atoms with Crippen LogP contribution >= 0.6 is 0 Å². The highest BCUT2D eigenvalue weighted by atomic mass is 32.2. The van der Waals surface area contributed by atoms with Gasteiger partial charge >= 0.3 is 6.03 Å². The fraction of sp³-hybridized carbons (Fsp3) is 0.407. The molecular weight excluding hydrogens is 557 g/mol. The number of benzene rings is 1. The molecule has 3 aromatic rings. The number of nitrogens with zero attached hydrogens (tertiary/aromatic N) is 3. The topological polar surface area (TPSA) is 151 Å². The minimum absolute atomic E-state index is 0.00857. The number of halogens is 1. The number of amides is 4. The summed E-state index contributed by atoms with van der Waals surface area (Å²) in [5.41, 5.74) is 0.225. The van der Waals surface area contributed by atoms with Gasteiger partial charge in [0, 0.05) is 12.6 Å². The van der Waals surface area contributed by atoms with Crippen LogP contribution in [0.5, 0.6) is 0 Å². The van der Waals surface area contributed by atoms with Gasteiger partial charge in [0.25, 0.3) is 11.8 Å². The summed E-state index contributed by atoms with van der Waals surface area (Å²) in [5.74, 6) is -0.982. The number of hydrogen-bond acceptors (Lipinski definition) is 8. The Balaban J connectivity index is 1.62. The zero-order chi connectivity index (χ0) is 30.1. The van der Waals surface area contributed by atoms with Crippen LogP contribution in [0.4, 0.5) is 15.0 Å². The number of aryl methyl sites for hydroxylation is 1. The number of fused-ring (bicyclic) bond motifs is 1. The van der Waals surface area contributed by atoms with Gasteiger partial charge in [0.2, 0.25) is 15.7 Å². The average molecular weight is 590 g/mol. The van der Waals surface area contributed by atoms with Crippen LogP contribution in [-0.4, -0.2) is 81.3 Å². The lowest BCUT2D eigenvalue weighted by atomic mass is 10.0. The van der Waals surface area contributed by atoms with Gasteiger partial charge in [-0.1, -0.05) is 6.92 Å². The predicted octanol–water partition coefficient (Wildman–Crippen LogP) is 2.67. The Hall–Kier alpha value is -4.04. The van der Waals surface area contributed by atoms with Crippen molar-refractivity contribution in [1.82, 2.24) is 20.5 Å². The van der Waals surface area contributed by atoms with Gasteiger partial charge in [-0.15, -0.1) is 0 Å². The lowest BCUT2D eigenvalue weighted by molar-refractivity contribution is -0.130. The molecule has 4 rings (SSSR count). The molecule has 41 heavy (non-hydrogen) atoms. The van der Waals surface area contributed by atoms with Crippen LogP contribution in [-0.2, 0) is 26.0 Å². The lowest BCUT2D eigenvalue weighted by Gasteiger charge is -2.23. The second-order valence-electron chi connectivity index (χ2n) is 10.0. The molecule has 1 saturated heterocycles. The van der Waals surface area contributed by atoms with Gasteiger partial charge in [0.1, 0.15) is 22.9 Å². The van der Waals surface area contributed by atoms with Crippen molar-refractivity contribution >= 4 is 44.8 Å². The summed E-state index contributed by atoms with van der Waals surface area (Å²) in [7, 11) is -2.37. The van der Waals surface area contributed by atoms with Gasteiger partial charge in [-0.2, -0.15) is 4.98 Å². The fourth-order valence-corrected chi connectivity index (χ4v) is 5.42. The Kier molecular flexibility index (Phi) is 8.36. The van der Waals surface area contributed by atoms with Crippen molar-refractivity contribution < 1.29 is 36.3 Å². The van der Waals surface area contributed by atoms with E-state index >= 15 is 0 Å². The number of carbonyl (C=O) groups excluding carboxylic acids is 3. The summed E-state index contributed by atoms with van der Waals surface area (Å²) in [4.78, 5) is 42.8. The fourth-order valence-electron chi connectivity index (χ4n) is 4.54. The van der Waals surface area contributed by atoms with E-state index in [-0.39, 0.29) is 55.1 Å². The number of ether oxygens (including phenoxy) is 1. The number of aromatic nitrogens is 1. The first-order chi connectivity index (χ1) is 19.3. The van der Waals surface area contributed by atoms with Crippen molar-refractivity contribution in [3.8, 4) is 11.3 Å². The molecule has 0 radical (unpaired) electrons. The molecule has 1 aliphatic heterocycles. The van der Waals surface area contributed by atoms with Crippen molar-refractivity contribution in [3.05, 3.63) is 47.3 Å². The van der Waals surface area contributed by atoms with E-state index in [1.54, 1.807) is 19.9 Å². The van der Waals surface area contributed by atoms with Crippen molar-refractivity contribution in [3.63, 3.8) is 0 Å². The van der Waals surface area contributed by atoms with Gasteiger partial charge in [-0.3, -0.25) is 18.8 Å². The van der Waals surface area contributed by atoms with Crippen molar-refractivity contribution in [2.75, 3.05) is 43.9 Å². The summed E-state index contributed by atoms with van der Waals surface area (Å²) >= 11 is 0. The van der Waals surface area contributed by atoms with Gasteiger partial charge in [0.15, 0.2) is 0 Å². The molecule has 0 saturated carbocycles. The van der Waals surface area contributed by atoms with E-state index in [2.05, 4.69) is 15.6 Å². The quantitative estimate of drug-likeness (QED) is 0.256. The molecule has 0 bridgehead atoms. The molecule has 14 heteroatoms. The maximum Gasteiger partial charge on any atom is 0.325 e. The van der Waals surface area contributed by atoms with Crippen LogP contribution in [0.15, 0.2) is 34.7 Å². The van der Waals surface area contributed by atoms with Gasteiger partial charge < -0.3 is 19.8 Å². The van der Waals surface area contributed by atoms with E-state index in [4.69, 9.17) is 9.15 Å². The molecule has 0 spiro atoms. The maximum absolute atomic E-state index is 13.5. The van der Waals surface area contributed by atoms with E-state index in [9.17, 15) is 27.2 Å². The normalized spacial score (nSPS) is 14.9. The molecule has 0 unspecified atom stereocenters. The summed E-state index contributed by atoms with van der Waals surface area (Å²) in [5, 5.41) is 5.54. The third-order valence-electron chi connectivity index (χ3n) is 6.66. The number of sulfonamides is 1. The minimum atomic E-state index is -3.84. The highest BCUT2D eigenvalue weighted by Gasteiger charge is 2.43. The molecule has 2 N–H and O–H groups in total. The summed E-state index contributed by atoms with van der Waals surface area (Å²) in [6.07, 6.45) is 1.42. The van der Waals surface area contributed by atoms with Crippen LogP contribution in [0, 0.1) is 5.82 Å². The molecule has 1 aromatic carbocycles. The molecule has 3 heterocycles. The van der Waals surface area contributed by atoms with E-state index in [1.807, 2.05) is 6.92 Å². The smallest absolute Gasteiger partial charge is 0.325 e. The van der Waals surface area contributed by atoms with Crippen molar-refractivity contribution in [2.24, 2.45) is 0 Å². The van der Waals surface area contributed by atoms with Crippen molar-refractivity contribution in [1.29, 1.82) is 0 Å². The van der Waals surface area contributed by atoms with E-state index in [1.165, 1.54) is 31.3 Å². The van der Waals surface area contributed by atoms with Crippen LogP contribution in [0.25, 0.3) is 22.4 Å². The summed E-state index contributed by atoms with van der Waals surface area (Å²) < 4.78 is 51.9. The third kappa shape index (κ3) is 6.03. The number of anilines is 1. The number of rotatable bonds is 11. The van der Waals surface area contributed by atoms with Gasteiger partial charge in [-0.25, -0.2) is 17.6 Å². The zero-order valence-electron chi connectivity index (χ0n) is 23.4. The van der Waals surface area contributed by atoms with Crippen LogP contribution < -0.4 is 14.9 Å². The second-order valence-corrected chi connectivity index (χ2v) is 11.9. The summed E-state index contributed by atoms with van der Waals surface area (Å²) in [6, 6.07) is 6.58. The third-order valence-corrected chi connectivity index (χ3v) is 7.82. The molecule has 12 nitrogen and oxygen atoms in total. The predicted molar refractivity (Wildman–Crippen MR) is 150 cm³/mol. The first kappa shape index (κ1) is 29.9. The number of pyridine rings is 1. The molecule has 1 aliphatic rings. The van der Waals surface area contributed by atoms with Gasteiger partial charge in [0.05, 0.1) is 43.5 Å². The van der Waals surface area contributed by atoms with Crippen LogP contribution in [0.3, 0.4) is 0 Å². The minimum Gasteiger partial charge on any atom is -0.437 e. The Morgan fingerprint density at radius 1 is 1.22 bits per heavy atom. The Morgan fingerprint density at radius 2 is 1.90 bits per heavy atom. The maximum atomic E-state index is 13.5. The number of carbonyl (C=O) groups is 3.